The van der Waals surface area contributed by atoms with Gasteiger partial charge in [0.15, 0.2) is 0 Å². The van der Waals surface area contributed by atoms with E-state index in [1.54, 1.807) is 62.6 Å². The van der Waals surface area contributed by atoms with Crippen LogP contribution in [0.15, 0.2) is 77.7 Å². The number of nitrogens with zero attached hydrogens (tertiary/aromatic N) is 2. The van der Waals surface area contributed by atoms with E-state index in [1.807, 2.05) is 0 Å². The number of amides is 2. The molecule has 0 aliphatic carbocycles. The summed E-state index contributed by atoms with van der Waals surface area (Å²) in [6.45, 7) is 1.25. The van der Waals surface area contributed by atoms with Crippen LogP contribution in [0.2, 0.25) is 5.02 Å². The second kappa shape index (κ2) is 13.3. The zero-order valence-corrected chi connectivity index (χ0v) is 23.8. The van der Waals surface area contributed by atoms with Crippen molar-refractivity contribution in [3.05, 3.63) is 83.4 Å². The van der Waals surface area contributed by atoms with E-state index in [2.05, 4.69) is 5.32 Å². The van der Waals surface area contributed by atoms with Gasteiger partial charge in [0, 0.05) is 18.6 Å². The fourth-order valence-electron chi connectivity index (χ4n) is 4.10. The third-order valence-corrected chi connectivity index (χ3v) is 8.17. The van der Waals surface area contributed by atoms with E-state index in [1.165, 1.54) is 43.3 Å². The van der Waals surface area contributed by atoms with Gasteiger partial charge in [0.2, 0.25) is 11.8 Å². The highest BCUT2D eigenvalue weighted by Gasteiger charge is 2.34. The summed E-state index contributed by atoms with van der Waals surface area (Å²) in [5, 5.41) is 2.86. The van der Waals surface area contributed by atoms with Crippen molar-refractivity contribution >= 4 is 39.1 Å². The quantitative estimate of drug-likeness (QED) is 0.350. The number of nitrogens with one attached hydrogen (secondary N) is 1. The molecule has 0 fully saturated rings. The van der Waals surface area contributed by atoms with Gasteiger partial charge >= 0.3 is 0 Å². The maximum atomic E-state index is 14.0. The molecule has 0 aliphatic rings. The minimum Gasteiger partial charge on any atom is -0.497 e. The number of sulfonamides is 1. The SMILES string of the molecule is CCC(C(=O)NC)N(Cc1ccc(OC)cc1)C(=O)CN(c1cc(Cl)ccc1OC)S(=O)(=O)c1ccccc1. The predicted molar refractivity (Wildman–Crippen MR) is 151 cm³/mol. The van der Waals surface area contributed by atoms with Crippen LogP contribution in [0.1, 0.15) is 18.9 Å². The van der Waals surface area contributed by atoms with Crippen LogP contribution < -0.4 is 19.1 Å². The number of methoxy groups -OCH3 is 2. The lowest BCUT2D eigenvalue weighted by atomic mass is 10.1. The highest BCUT2D eigenvalue weighted by Crippen LogP contribution is 2.35. The number of anilines is 1. The van der Waals surface area contributed by atoms with Crippen LogP contribution in [0, 0.1) is 0 Å². The first-order chi connectivity index (χ1) is 18.7. The number of halogens is 1. The number of hydrogen-bond acceptors (Lipinski definition) is 6. The minimum atomic E-state index is -4.24. The number of ether oxygens (including phenoxy) is 2. The van der Waals surface area contributed by atoms with Gasteiger partial charge in [-0.1, -0.05) is 48.9 Å². The predicted octanol–water partition coefficient (Wildman–Crippen LogP) is 4.11. The molecule has 0 saturated heterocycles. The third-order valence-electron chi connectivity index (χ3n) is 6.16. The average Bonchev–Trinajstić information content (AvgIpc) is 2.96. The van der Waals surface area contributed by atoms with Crippen molar-refractivity contribution < 1.29 is 27.5 Å². The molecule has 39 heavy (non-hydrogen) atoms. The first kappa shape index (κ1) is 29.8. The summed E-state index contributed by atoms with van der Waals surface area (Å²) in [4.78, 5) is 28.1. The van der Waals surface area contributed by atoms with Gasteiger partial charge in [-0.3, -0.25) is 13.9 Å². The first-order valence-electron chi connectivity index (χ1n) is 12.2. The topological polar surface area (TPSA) is 105 Å². The Labute approximate surface area is 234 Å². The molecule has 1 unspecified atom stereocenters. The highest BCUT2D eigenvalue weighted by atomic mass is 35.5. The van der Waals surface area contributed by atoms with E-state index in [4.69, 9.17) is 21.1 Å². The molecule has 1 N–H and O–H groups in total. The standard InChI is InChI=1S/C28H32ClN3O6S/c1-5-24(28(34)30-2)31(18-20-11-14-22(37-3)15-12-20)27(33)19-32(25-17-21(29)13-16-26(25)38-4)39(35,36)23-9-7-6-8-10-23/h6-17,24H,5,18-19H2,1-4H3,(H,30,34). The van der Waals surface area contributed by atoms with Crippen molar-refractivity contribution in [1.29, 1.82) is 0 Å². The Morgan fingerprint density at radius 1 is 0.974 bits per heavy atom. The Bertz CT molecular complexity index is 1380. The number of benzene rings is 3. The van der Waals surface area contributed by atoms with E-state index in [9.17, 15) is 18.0 Å². The molecule has 0 saturated carbocycles. The number of rotatable bonds is 12. The van der Waals surface area contributed by atoms with E-state index in [0.717, 1.165) is 9.87 Å². The van der Waals surface area contributed by atoms with Crippen molar-refractivity contribution in [2.24, 2.45) is 0 Å². The van der Waals surface area contributed by atoms with Crippen LogP contribution in [-0.4, -0.2) is 59.0 Å². The lowest BCUT2D eigenvalue weighted by Gasteiger charge is -2.33. The lowest BCUT2D eigenvalue weighted by molar-refractivity contribution is -0.140. The fraction of sp³-hybridized carbons (Fsp3) is 0.286. The minimum absolute atomic E-state index is 0.0140. The van der Waals surface area contributed by atoms with Gasteiger partial charge in [0.1, 0.15) is 24.1 Å². The van der Waals surface area contributed by atoms with Gasteiger partial charge in [-0.2, -0.15) is 0 Å². The van der Waals surface area contributed by atoms with Gasteiger partial charge in [-0.15, -0.1) is 0 Å². The first-order valence-corrected chi connectivity index (χ1v) is 14.0. The normalized spacial score (nSPS) is 11.8. The summed E-state index contributed by atoms with van der Waals surface area (Å²) in [5.41, 5.74) is 0.837. The number of hydrogen-bond donors (Lipinski definition) is 1. The van der Waals surface area contributed by atoms with E-state index in [0.29, 0.717) is 12.2 Å². The van der Waals surface area contributed by atoms with Crippen LogP contribution in [0.5, 0.6) is 11.5 Å². The summed E-state index contributed by atoms with van der Waals surface area (Å²) < 4.78 is 39.4. The lowest BCUT2D eigenvalue weighted by Crippen LogP contribution is -2.51. The summed E-state index contributed by atoms with van der Waals surface area (Å²) in [6, 6.07) is 18.5. The molecule has 3 aromatic rings. The summed E-state index contributed by atoms with van der Waals surface area (Å²) in [7, 11) is 0.198. The van der Waals surface area contributed by atoms with E-state index >= 15 is 0 Å². The Hall–Kier alpha value is -3.76. The van der Waals surface area contributed by atoms with E-state index < -0.39 is 28.5 Å². The van der Waals surface area contributed by atoms with Crippen LogP contribution in [-0.2, 0) is 26.2 Å². The summed E-state index contributed by atoms with van der Waals surface area (Å²) in [5.74, 6) is -0.0881. The van der Waals surface area contributed by atoms with Crippen LogP contribution in [0.25, 0.3) is 0 Å². The van der Waals surface area contributed by atoms with Gasteiger partial charge in [-0.05, 0) is 54.4 Å². The van der Waals surface area contributed by atoms with Gasteiger partial charge in [0.25, 0.3) is 10.0 Å². The highest BCUT2D eigenvalue weighted by molar-refractivity contribution is 7.92. The third kappa shape index (κ3) is 7.01. The van der Waals surface area contributed by atoms with Crippen molar-refractivity contribution in [3.63, 3.8) is 0 Å². The molecule has 208 valence electrons. The molecular weight excluding hydrogens is 542 g/mol. The molecule has 11 heteroatoms. The number of likely N-dealkylation sites (N-methyl/N-ethyl adjacent to an activating group) is 1. The van der Waals surface area contributed by atoms with Crippen LogP contribution in [0.4, 0.5) is 5.69 Å². The Morgan fingerprint density at radius 2 is 1.64 bits per heavy atom. The summed E-state index contributed by atoms with van der Waals surface area (Å²) in [6.07, 6.45) is 0.313. The van der Waals surface area contributed by atoms with Crippen molar-refractivity contribution in [2.45, 2.75) is 30.8 Å². The molecule has 9 nitrogen and oxygen atoms in total. The molecule has 2 amide bonds. The largest absolute Gasteiger partial charge is 0.497 e. The maximum absolute atomic E-state index is 14.0. The Kier molecular flexibility index (Phi) is 10.2. The van der Waals surface area contributed by atoms with Crippen molar-refractivity contribution in [3.8, 4) is 11.5 Å². The molecule has 3 aromatic carbocycles. The number of carbonyl (C=O) groups is 2. The van der Waals surface area contributed by atoms with Gasteiger partial charge in [-0.25, -0.2) is 8.42 Å². The van der Waals surface area contributed by atoms with Crippen LogP contribution >= 0.6 is 11.6 Å². The molecule has 0 aliphatic heterocycles. The molecule has 1 atom stereocenters. The molecule has 0 aromatic heterocycles. The fourth-order valence-corrected chi connectivity index (χ4v) is 5.71. The molecule has 0 spiro atoms. The zero-order valence-electron chi connectivity index (χ0n) is 22.3. The van der Waals surface area contributed by atoms with Gasteiger partial charge in [0.05, 0.1) is 24.8 Å². The van der Waals surface area contributed by atoms with Crippen molar-refractivity contribution in [2.75, 3.05) is 32.1 Å². The zero-order chi connectivity index (χ0) is 28.6. The average molecular weight is 574 g/mol. The van der Waals surface area contributed by atoms with Crippen LogP contribution in [0.3, 0.4) is 0 Å². The second-order valence-electron chi connectivity index (χ2n) is 8.55. The summed E-state index contributed by atoms with van der Waals surface area (Å²) >= 11 is 6.24. The molecular formula is C28H32ClN3O6S. The molecule has 0 heterocycles. The molecule has 0 radical (unpaired) electrons. The Morgan fingerprint density at radius 3 is 2.21 bits per heavy atom. The smallest absolute Gasteiger partial charge is 0.264 e. The van der Waals surface area contributed by atoms with E-state index in [-0.39, 0.29) is 33.8 Å². The second-order valence-corrected chi connectivity index (χ2v) is 10.8. The maximum Gasteiger partial charge on any atom is 0.264 e. The number of carbonyl (C=O) groups excluding carboxylic acids is 2. The Balaban J connectivity index is 2.10. The van der Waals surface area contributed by atoms with Crippen molar-refractivity contribution in [1.82, 2.24) is 10.2 Å². The molecule has 0 bridgehead atoms. The van der Waals surface area contributed by atoms with Gasteiger partial charge < -0.3 is 19.7 Å². The molecule has 3 rings (SSSR count). The monoisotopic (exact) mass is 573 g/mol.